The highest BCUT2D eigenvalue weighted by Crippen LogP contribution is 2.31. The van der Waals surface area contributed by atoms with Crippen molar-refractivity contribution >= 4 is 23.6 Å². The number of methoxy groups -OCH3 is 1. The standard InChI is InChI=1S/C17H14F3N3O4/c1-27-16(24)15(10-5-7-11(8-6-10)17(18,19)20)22-9-12-13(21)3-2-4-14(12)23(25)26/h2-9,15H,21H2,1H3. The highest BCUT2D eigenvalue weighted by molar-refractivity contribution is 5.93. The van der Waals surface area contributed by atoms with E-state index in [0.717, 1.165) is 37.6 Å². The number of esters is 1. The molecule has 0 aliphatic heterocycles. The van der Waals surface area contributed by atoms with Gasteiger partial charge in [-0.1, -0.05) is 18.2 Å². The van der Waals surface area contributed by atoms with E-state index >= 15 is 0 Å². The third kappa shape index (κ3) is 4.60. The van der Waals surface area contributed by atoms with Crippen LogP contribution in [0.15, 0.2) is 47.5 Å². The van der Waals surface area contributed by atoms with Gasteiger partial charge in [0.2, 0.25) is 0 Å². The van der Waals surface area contributed by atoms with E-state index in [1.54, 1.807) is 0 Å². The maximum Gasteiger partial charge on any atom is 0.416 e. The number of hydrogen-bond donors (Lipinski definition) is 1. The minimum atomic E-state index is -4.53. The van der Waals surface area contributed by atoms with Crippen LogP contribution >= 0.6 is 0 Å². The van der Waals surface area contributed by atoms with Crippen molar-refractivity contribution in [2.24, 2.45) is 4.99 Å². The Morgan fingerprint density at radius 1 is 1.26 bits per heavy atom. The second kappa shape index (κ2) is 7.85. The van der Waals surface area contributed by atoms with E-state index in [2.05, 4.69) is 9.73 Å². The predicted molar refractivity (Wildman–Crippen MR) is 91.3 cm³/mol. The Balaban J connectivity index is 2.44. The van der Waals surface area contributed by atoms with Crippen molar-refractivity contribution < 1.29 is 27.6 Å². The summed E-state index contributed by atoms with van der Waals surface area (Å²) in [6.45, 7) is 0. The Kier molecular flexibility index (Phi) is 5.78. The molecule has 0 heterocycles. The number of aliphatic imine (C=N–C) groups is 1. The average molecular weight is 381 g/mol. The van der Waals surface area contributed by atoms with E-state index in [1.165, 1.54) is 18.2 Å². The molecule has 0 amide bonds. The second-order valence-electron chi connectivity index (χ2n) is 5.36. The summed E-state index contributed by atoms with van der Waals surface area (Å²) in [6, 6.07) is 6.49. The summed E-state index contributed by atoms with van der Waals surface area (Å²) in [6.07, 6.45) is -3.49. The van der Waals surface area contributed by atoms with Crippen LogP contribution in [0.3, 0.4) is 0 Å². The van der Waals surface area contributed by atoms with Crippen molar-refractivity contribution in [1.82, 2.24) is 0 Å². The molecule has 0 fully saturated rings. The Morgan fingerprint density at radius 2 is 1.89 bits per heavy atom. The molecule has 0 aromatic heterocycles. The van der Waals surface area contributed by atoms with E-state index < -0.39 is 28.7 Å². The number of nitrogens with two attached hydrogens (primary N) is 1. The molecule has 7 nitrogen and oxygen atoms in total. The number of nitrogen functional groups attached to an aromatic ring is 1. The number of nitro groups is 1. The predicted octanol–water partition coefficient (Wildman–Crippen LogP) is 3.53. The molecule has 0 radical (unpaired) electrons. The zero-order chi connectivity index (χ0) is 20.2. The molecule has 10 heteroatoms. The van der Waals surface area contributed by atoms with Crippen LogP contribution in [0, 0.1) is 10.1 Å². The molecular weight excluding hydrogens is 367 g/mol. The number of nitro benzene ring substituents is 1. The molecule has 1 atom stereocenters. The molecule has 2 aromatic rings. The van der Waals surface area contributed by atoms with Gasteiger partial charge in [-0.3, -0.25) is 15.1 Å². The van der Waals surface area contributed by atoms with Gasteiger partial charge in [0.25, 0.3) is 5.69 Å². The average Bonchev–Trinajstić information content (AvgIpc) is 2.62. The van der Waals surface area contributed by atoms with E-state index in [-0.39, 0.29) is 22.5 Å². The minimum absolute atomic E-state index is 0.0247. The minimum Gasteiger partial charge on any atom is -0.467 e. The lowest BCUT2D eigenvalue weighted by atomic mass is 10.0. The maximum absolute atomic E-state index is 12.7. The van der Waals surface area contributed by atoms with Crippen molar-refractivity contribution in [3.05, 3.63) is 69.3 Å². The largest absolute Gasteiger partial charge is 0.467 e. The Labute approximate surface area is 151 Å². The molecule has 0 spiro atoms. The summed E-state index contributed by atoms with van der Waals surface area (Å²) in [5, 5.41) is 11.1. The van der Waals surface area contributed by atoms with Crippen LogP contribution in [0.25, 0.3) is 0 Å². The van der Waals surface area contributed by atoms with Gasteiger partial charge in [0, 0.05) is 18.0 Å². The molecule has 0 saturated heterocycles. The molecule has 27 heavy (non-hydrogen) atoms. The summed E-state index contributed by atoms with van der Waals surface area (Å²) in [5.74, 6) is -0.844. The van der Waals surface area contributed by atoms with Crippen molar-refractivity contribution in [1.29, 1.82) is 0 Å². The number of rotatable bonds is 5. The molecule has 0 saturated carbocycles. The number of ether oxygens (including phenoxy) is 1. The molecule has 1 unspecified atom stereocenters. The number of alkyl halides is 3. The summed E-state index contributed by atoms with van der Waals surface area (Å²) >= 11 is 0. The normalized spacial score (nSPS) is 12.7. The maximum atomic E-state index is 12.7. The number of benzene rings is 2. The van der Waals surface area contributed by atoms with Gasteiger partial charge in [-0.25, -0.2) is 4.79 Å². The van der Waals surface area contributed by atoms with E-state index in [0.29, 0.717) is 0 Å². The first-order valence-electron chi connectivity index (χ1n) is 7.46. The topological polar surface area (TPSA) is 108 Å². The number of carbonyl (C=O) groups excluding carboxylic acids is 1. The van der Waals surface area contributed by atoms with Crippen LogP contribution in [0.4, 0.5) is 24.5 Å². The lowest BCUT2D eigenvalue weighted by molar-refractivity contribution is -0.384. The highest BCUT2D eigenvalue weighted by Gasteiger charge is 2.31. The first kappa shape index (κ1) is 19.9. The summed E-state index contributed by atoms with van der Waals surface area (Å²) in [5.41, 5.74) is 4.67. The molecule has 2 rings (SSSR count). The first-order valence-corrected chi connectivity index (χ1v) is 7.46. The highest BCUT2D eigenvalue weighted by atomic mass is 19.4. The van der Waals surface area contributed by atoms with Gasteiger partial charge in [0.15, 0.2) is 6.04 Å². The fraction of sp³-hybridized carbons (Fsp3) is 0.176. The molecular formula is C17H14F3N3O4. The van der Waals surface area contributed by atoms with Gasteiger partial charge >= 0.3 is 12.1 Å². The second-order valence-corrected chi connectivity index (χ2v) is 5.36. The van der Waals surface area contributed by atoms with Gasteiger partial charge < -0.3 is 10.5 Å². The fourth-order valence-corrected chi connectivity index (χ4v) is 2.27. The first-order chi connectivity index (χ1) is 12.6. The Hall–Kier alpha value is -3.43. The molecule has 0 aliphatic rings. The SMILES string of the molecule is COC(=O)C(N=Cc1c(N)cccc1[N+](=O)[O-])c1ccc(C(F)(F)F)cc1. The molecule has 0 bridgehead atoms. The third-order valence-electron chi connectivity index (χ3n) is 3.64. The van der Waals surface area contributed by atoms with E-state index in [9.17, 15) is 28.1 Å². The van der Waals surface area contributed by atoms with Crippen LogP contribution in [0.1, 0.15) is 22.7 Å². The Bertz CT molecular complexity index is 880. The van der Waals surface area contributed by atoms with E-state index in [1.807, 2.05) is 0 Å². The number of carbonyl (C=O) groups is 1. The van der Waals surface area contributed by atoms with Crippen molar-refractivity contribution in [3.63, 3.8) is 0 Å². The zero-order valence-corrected chi connectivity index (χ0v) is 13.9. The van der Waals surface area contributed by atoms with Crippen molar-refractivity contribution in [2.45, 2.75) is 12.2 Å². The quantitative estimate of drug-likeness (QED) is 0.280. The van der Waals surface area contributed by atoms with Gasteiger partial charge in [0.05, 0.1) is 23.2 Å². The van der Waals surface area contributed by atoms with E-state index in [4.69, 9.17) is 5.73 Å². The zero-order valence-electron chi connectivity index (χ0n) is 13.9. The molecule has 142 valence electrons. The van der Waals surface area contributed by atoms with Crippen molar-refractivity contribution in [3.8, 4) is 0 Å². The lowest BCUT2D eigenvalue weighted by Gasteiger charge is -2.12. The molecule has 2 aromatic carbocycles. The van der Waals surface area contributed by atoms with Crippen LogP contribution in [-0.4, -0.2) is 24.2 Å². The third-order valence-corrected chi connectivity index (χ3v) is 3.64. The summed E-state index contributed by atoms with van der Waals surface area (Å²) in [4.78, 5) is 26.4. The van der Waals surface area contributed by atoms with Crippen LogP contribution in [0.5, 0.6) is 0 Å². The lowest BCUT2D eigenvalue weighted by Crippen LogP contribution is -2.14. The van der Waals surface area contributed by atoms with Crippen molar-refractivity contribution in [2.75, 3.05) is 12.8 Å². The monoisotopic (exact) mass is 381 g/mol. The molecule has 0 aliphatic carbocycles. The number of halogens is 3. The van der Waals surface area contributed by atoms with Gasteiger partial charge in [-0.05, 0) is 23.8 Å². The van der Waals surface area contributed by atoms with Crippen LogP contribution < -0.4 is 5.73 Å². The smallest absolute Gasteiger partial charge is 0.416 e. The van der Waals surface area contributed by atoms with Gasteiger partial charge in [0.1, 0.15) is 0 Å². The van der Waals surface area contributed by atoms with Gasteiger partial charge in [-0.2, -0.15) is 13.2 Å². The number of hydrogen-bond acceptors (Lipinski definition) is 6. The fourth-order valence-electron chi connectivity index (χ4n) is 2.27. The van der Waals surface area contributed by atoms with Crippen LogP contribution in [0.2, 0.25) is 0 Å². The molecule has 2 N–H and O–H groups in total. The van der Waals surface area contributed by atoms with Gasteiger partial charge in [-0.15, -0.1) is 0 Å². The number of nitrogens with zero attached hydrogens (tertiary/aromatic N) is 2. The Morgan fingerprint density at radius 3 is 2.41 bits per heavy atom. The summed E-state index contributed by atoms with van der Waals surface area (Å²) in [7, 11) is 1.09. The summed E-state index contributed by atoms with van der Waals surface area (Å²) < 4.78 is 42.7. The van der Waals surface area contributed by atoms with Crippen LogP contribution in [-0.2, 0) is 15.7 Å². The number of anilines is 1.